The number of aryl methyl sites for hydroxylation is 2. The van der Waals surface area contributed by atoms with Gasteiger partial charge < -0.3 is 0 Å². The van der Waals surface area contributed by atoms with Crippen LogP contribution < -0.4 is 4.72 Å². The Bertz CT molecular complexity index is 1310. The maximum Gasteiger partial charge on any atom is 0.305 e. The number of rotatable bonds is 6. The molecule has 0 saturated heterocycles. The van der Waals surface area contributed by atoms with Gasteiger partial charge in [-0.2, -0.15) is 0 Å². The zero-order chi connectivity index (χ0) is 21.4. The smallest absolute Gasteiger partial charge is 0.280 e. The van der Waals surface area contributed by atoms with Gasteiger partial charge in [-0.1, -0.05) is 30.3 Å². The lowest BCUT2D eigenvalue weighted by atomic mass is 10.1. The Hall–Kier alpha value is -2.98. The molecule has 152 valence electrons. The molecule has 0 spiro atoms. The van der Waals surface area contributed by atoms with Crippen LogP contribution in [0, 0.1) is 24.0 Å². The molecule has 0 aliphatic rings. The lowest BCUT2D eigenvalue weighted by Gasteiger charge is -2.14. The second-order valence-electron chi connectivity index (χ2n) is 6.63. The van der Waals surface area contributed by atoms with Gasteiger partial charge in [0, 0.05) is 10.6 Å². The molecule has 3 rings (SSSR count). The van der Waals surface area contributed by atoms with Crippen molar-refractivity contribution in [3.8, 4) is 0 Å². The molecule has 0 aliphatic carbocycles. The number of nitrogens with one attached hydrogen (secondary N) is 1. The number of hydrogen-bond donors (Lipinski definition) is 1. The van der Waals surface area contributed by atoms with E-state index in [9.17, 15) is 26.9 Å². The van der Waals surface area contributed by atoms with Crippen molar-refractivity contribution in [3.05, 3.63) is 75.8 Å². The summed E-state index contributed by atoms with van der Waals surface area (Å²) < 4.78 is 52.5. The van der Waals surface area contributed by atoms with Crippen LogP contribution in [-0.2, 0) is 19.9 Å². The molecule has 1 N–H and O–H groups in total. The fraction of sp³-hybridized carbons (Fsp3) is 0.158. The first kappa shape index (κ1) is 20.7. The van der Waals surface area contributed by atoms with Crippen molar-refractivity contribution in [2.24, 2.45) is 0 Å². The van der Waals surface area contributed by atoms with E-state index in [1.165, 1.54) is 32.0 Å². The third kappa shape index (κ3) is 4.38. The van der Waals surface area contributed by atoms with E-state index in [0.717, 1.165) is 10.8 Å². The summed E-state index contributed by atoms with van der Waals surface area (Å²) in [7, 11) is -8.05. The average Bonchev–Trinajstić information content (AvgIpc) is 2.58. The first-order chi connectivity index (χ1) is 13.5. The number of nitrogens with zero attached hydrogens (tertiary/aromatic N) is 1. The van der Waals surface area contributed by atoms with Crippen molar-refractivity contribution in [1.82, 2.24) is 0 Å². The van der Waals surface area contributed by atoms with Gasteiger partial charge in [-0.05, 0) is 60.0 Å². The Morgan fingerprint density at radius 1 is 0.897 bits per heavy atom. The molecule has 0 atom stereocenters. The van der Waals surface area contributed by atoms with Crippen LogP contribution in [0.15, 0.2) is 64.4 Å². The van der Waals surface area contributed by atoms with Gasteiger partial charge in [0.25, 0.3) is 10.0 Å². The van der Waals surface area contributed by atoms with Crippen LogP contribution >= 0.6 is 0 Å². The van der Waals surface area contributed by atoms with E-state index in [-0.39, 0.29) is 26.6 Å². The Labute approximate surface area is 168 Å². The van der Waals surface area contributed by atoms with Crippen molar-refractivity contribution in [3.63, 3.8) is 0 Å². The van der Waals surface area contributed by atoms with Gasteiger partial charge in [0.1, 0.15) is 0 Å². The molecule has 10 heteroatoms. The molecule has 8 nitrogen and oxygen atoms in total. The Balaban J connectivity index is 1.98. The third-order valence-corrected chi connectivity index (χ3v) is 7.53. The second kappa shape index (κ2) is 7.45. The molecule has 0 heterocycles. The number of benzene rings is 3. The van der Waals surface area contributed by atoms with Gasteiger partial charge in [-0.3, -0.25) is 14.8 Å². The van der Waals surface area contributed by atoms with Crippen LogP contribution in [0.5, 0.6) is 0 Å². The van der Waals surface area contributed by atoms with Crippen molar-refractivity contribution in [2.75, 3.05) is 10.6 Å². The molecule has 0 saturated carbocycles. The van der Waals surface area contributed by atoms with Gasteiger partial charge in [-0.15, -0.1) is 0 Å². The maximum absolute atomic E-state index is 12.8. The summed E-state index contributed by atoms with van der Waals surface area (Å²) in [5.41, 5.74) is 0.624. The van der Waals surface area contributed by atoms with Crippen molar-refractivity contribution >= 4 is 36.3 Å². The number of anilines is 1. The Kier molecular flexibility index (Phi) is 5.33. The standard InChI is InChI=1S/C19H18N2O6S2/c1-13-9-17(10-14(2)19(13)28(24,25)12-21(22)23)20-29(26,27)18-8-7-15-5-3-4-6-16(15)11-18/h3-11,20H,12H2,1-2H3. The summed E-state index contributed by atoms with van der Waals surface area (Å²) >= 11 is 0. The van der Waals surface area contributed by atoms with Gasteiger partial charge in [0.05, 0.1) is 9.79 Å². The molecule has 0 aliphatic heterocycles. The van der Waals surface area contributed by atoms with Crippen molar-refractivity contribution < 1.29 is 21.8 Å². The number of sulfone groups is 1. The largest absolute Gasteiger partial charge is 0.305 e. The molecule has 3 aromatic carbocycles. The Morgan fingerprint density at radius 3 is 2.07 bits per heavy atom. The van der Waals surface area contributed by atoms with Gasteiger partial charge in [0.2, 0.25) is 9.84 Å². The number of fused-ring (bicyclic) bond motifs is 1. The number of nitro groups is 1. The monoisotopic (exact) mass is 434 g/mol. The molecule has 0 fully saturated rings. The van der Waals surface area contributed by atoms with Crippen LogP contribution in [0.2, 0.25) is 0 Å². The third-order valence-electron chi connectivity index (χ3n) is 4.33. The highest BCUT2D eigenvalue weighted by molar-refractivity contribution is 7.92. The normalized spacial score (nSPS) is 12.1. The topological polar surface area (TPSA) is 123 Å². The lowest BCUT2D eigenvalue weighted by molar-refractivity contribution is -0.458. The second-order valence-corrected chi connectivity index (χ2v) is 10.2. The van der Waals surface area contributed by atoms with E-state index in [1.54, 1.807) is 18.2 Å². The summed E-state index contributed by atoms with van der Waals surface area (Å²) in [6.45, 7) is 2.93. The van der Waals surface area contributed by atoms with Crippen LogP contribution in [0.3, 0.4) is 0 Å². The SMILES string of the molecule is Cc1cc(NS(=O)(=O)c2ccc3ccccc3c2)cc(C)c1S(=O)(=O)C[N+](=O)[O-]. The highest BCUT2D eigenvalue weighted by atomic mass is 32.2. The van der Waals surface area contributed by atoms with Crippen molar-refractivity contribution in [2.45, 2.75) is 23.6 Å². The van der Waals surface area contributed by atoms with Gasteiger partial charge in [-0.25, -0.2) is 16.8 Å². The van der Waals surface area contributed by atoms with Crippen LogP contribution in [0.4, 0.5) is 5.69 Å². The molecule has 29 heavy (non-hydrogen) atoms. The fourth-order valence-electron chi connectivity index (χ4n) is 3.25. The van der Waals surface area contributed by atoms with Crippen LogP contribution in [0.25, 0.3) is 10.8 Å². The van der Waals surface area contributed by atoms with Crippen molar-refractivity contribution in [1.29, 1.82) is 0 Å². The molecular weight excluding hydrogens is 416 g/mol. The van der Waals surface area contributed by atoms with Crippen LogP contribution in [-0.4, -0.2) is 27.6 Å². The molecular formula is C19H18N2O6S2. The molecule has 0 radical (unpaired) electrons. The Morgan fingerprint density at radius 2 is 1.48 bits per heavy atom. The lowest BCUT2D eigenvalue weighted by Crippen LogP contribution is -2.18. The predicted octanol–water partition coefficient (Wildman–Crippen LogP) is 3.27. The van der Waals surface area contributed by atoms with E-state index in [2.05, 4.69) is 4.72 Å². The minimum Gasteiger partial charge on any atom is -0.280 e. The molecule has 3 aromatic rings. The van der Waals surface area contributed by atoms with Gasteiger partial charge >= 0.3 is 5.88 Å². The van der Waals surface area contributed by atoms with E-state index in [1.807, 2.05) is 18.2 Å². The first-order valence-electron chi connectivity index (χ1n) is 8.47. The summed E-state index contributed by atoms with van der Waals surface area (Å²) in [6, 6.07) is 14.8. The fourth-order valence-corrected chi connectivity index (χ4v) is 5.83. The number of hydrogen-bond acceptors (Lipinski definition) is 6. The van der Waals surface area contributed by atoms with E-state index >= 15 is 0 Å². The minimum atomic E-state index is -4.13. The van der Waals surface area contributed by atoms with E-state index in [0.29, 0.717) is 0 Å². The molecule has 0 amide bonds. The highest BCUT2D eigenvalue weighted by Crippen LogP contribution is 2.28. The van der Waals surface area contributed by atoms with Crippen LogP contribution in [0.1, 0.15) is 11.1 Å². The molecule has 0 unspecified atom stereocenters. The summed E-state index contributed by atoms with van der Waals surface area (Å²) in [6.07, 6.45) is 0. The highest BCUT2D eigenvalue weighted by Gasteiger charge is 2.26. The van der Waals surface area contributed by atoms with E-state index in [4.69, 9.17) is 0 Å². The quantitative estimate of drug-likeness (QED) is 0.469. The summed E-state index contributed by atoms with van der Waals surface area (Å²) in [5.74, 6) is -1.23. The average molecular weight is 434 g/mol. The van der Waals surface area contributed by atoms with E-state index < -0.39 is 30.7 Å². The molecule has 0 aromatic heterocycles. The maximum atomic E-state index is 12.8. The summed E-state index contributed by atoms with van der Waals surface area (Å²) in [4.78, 5) is 9.64. The zero-order valence-corrected chi connectivity index (χ0v) is 17.2. The zero-order valence-electron chi connectivity index (χ0n) is 15.6. The number of sulfonamides is 1. The predicted molar refractivity (Wildman–Crippen MR) is 110 cm³/mol. The molecule has 0 bridgehead atoms. The summed E-state index contributed by atoms with van der Waals surface area (Å²) in [5, 5.41) is 12.3. The minimum absolute atomic E-state index is 0.0663. The van der Waals surface area contributed by atoms with Gasteiger partial charge in [0.15, 0.2) is 0 Å². The first-order valence-corrected chi connectivity index (χ1v) is 11.6.